The van der Waals surface area contributed by atoms with Crippen molar-refractivity contribution >= 4 is 33.4 Å². The van der Waals surface area contributed by atoms with E-state index < -0.39 is 26.8 Å². The number of halogens is 4. The van der Waals surface area contributed by atoms with Crippen LogP contribution in [0.1, 0.15) is 31.4 Å². The van der Waals surface area contributed by atoms with Crippen molar-refractivity contribution in [1.29, 1.82) is 0 Å². The summed E-state index contributed by atoms with van der Waals surface area (Å²) in [5, 5.41) is 3.37. The molecular formula is C25H24ClF3N2O4S. The lowest BCUT2D eigenvalue weighted by Crippen LogP contribution is -2.40. The minimum Gasteiger partial charge on any atom is -0.379 e. The van der Waals surface area contributed by atoms with Crippen molar-refractivity contribution in [2.45, 2.75) is 43.9 Å². The average Bonchev–Trinajstić information content (AvgIpc) is 2.84. The first-order valence-electron chi connectivity index (χ1n) is 10.9. The van der Waals surface area contributed by atoms with Gasteiger partial charge in [0.1, 0.15) is 10.6 Å². The van der Waals surface area contributed by atoms with Crippen molar-refractivity contribution in [2.75, 3.05) is 5.32 Å². The molecule has 0 fully saturated rings. The second-order valence-electron chi connectivity index (χ2n) is 8.03. The van der Waals surface area contributed by atoms with Crippen LogP contribution < -0.4 is 9.50 Å². The summed E-state index contributed by atoms with van der Waals surface area (Å²) < 4.78 is 68.8. The van der Waals surface area contributed by atoms with Crippen LogP contribution in [0.5, 0.6) is 5.75 Å². The SMILES string of the molecule is CCC(C)N(Cc1ccc(OS(=O)(=O)c2cccc(C(F)(F)F)c2)cc1)C(=O)Nc1ccc(Cl)cc1. The van der Waals surface area contributed by atoms with E-state index in [0.29, 0.717) is 28.8 Å². The van der Waals surface area contributed by atoms with E-state index in [2.05, 4.69) is 5.32 Å². The van der Waals surface area contributed by atoms with Crippen molar-refractivity contribution in [2.24, 2.45) is 0 Å². The fourth-order valence-electron chi connectivity index (χ4n) is 3.23. The number of hydrogen-bond donors (Lipinski definition) is 1. The quantitative estimate of drug-likeness (QED) is 0.313. The van der Waals surface area contributed by atoms with Crippen molar-refractivity contribution < 1.29 is 30.6 Å². The van der Waals surface area contributed by atoms with Crippen LogP contribution in [0, 0.1) is 0 Å². The van der Waals surface area contributed by atoms with E-state index in [-0.39, 0.29) is 24.4 Å². The molecule has 3 aromatic rings. The van der Waals surface area contributed by atoms with E-state index >= 15 is 0 Å². The summed E-state index contributed by atoms with van der Waals surface area (Å²) in [6.45, 7) is 4.08. The Balaban J connectivity index is 1.72. The van der Waals surface area contributed by atoms with Gasteiger partial charge in [-0.05, 0) is 73.5 Å². The number of carbonyl (C=O) groups excluding carboxylic acids is 1. The number of amides is 2. The molecule has 6 nitrogen and oxygen atoms in total. The van der Waals surface area contributed by atoms with E-state index in [1.54, 1.807) is 41.3 Å². The Hall–Kier alpha value is -3.24. The predicted molar refractivity (Wildman–Crippen MR) is 131 cm³/mol. The Morgan fingerprint density at radius 1 is 1.06 bits per heavy atom. The molecule has 2 amide bonds. The molecule has 0 aliphatic rings. The fourth-order valence-corrected chi connectivity index (χ4v) is 4.33. The minimum atomic E-state index is -4.69. The molecule has 3 aromatic carbocycles. The lowest BCUT2D eigenvalue weighted by Gasteiger charge is -2.29. The molecule has 0 saturated carbocycles. The third-order valence-corrected chi connectivity index (χ3v) is 6.91. The number of nitrogens with one attached hydrogen (secondary N) is 1. The summed E-state index contributed by atoms with van der Waals surface area (Å²) >= 11 is 5.89. The standard InChI is InChI=1S/C25H24ClF3N2O4S/c1-3-17(2)31(24(32)30-21-11-9-20(26)10-12-21)16-18-7-13-22(14-8-18)35-36(33,34)23-6-4-5-19(15-23)25(27,28)29/h4-15,17H,3,16H2,1-2H3,(H,30,32). The zero-order chi connectivity index (χ0) is 26.5. The first-order valence-corrected chi connectivity index (χ1v) is 12.7. The average molecular weight is 541 g/mol. The highest BCUT2D eigenvalue weighted by molar-refractivity contribution is 7.87. The van der Waals surface area contributed by atoms with Gasteiger partial charge in [0.05, 0.1) is 5.56 Å². The summed E-state index contributed by atoms with van der Waals surface area (Å²) in [4.78, 5) is 13.9. The molecule has 11 heteroatoms. The van der Waals surface area contributed by atoms with Crippen LogP contribution in [-0.4, -0.2) is 25.4 Å². The monoisotopic (exact) mass is 540 g/mol. The molecule has 0 aliphatic carbocycles. The highest BCUT2D eigenvalue weighted by atomic mass is 35.5. The van der Waals surface area contributed by atoms with Gasteiger partial charge in [-0.15, -0.1) is 0 Å². The topological polar surface area (TPSA) is 75.7 Å². The zero-order valence-electron chi connectivity index (χ0n) is 19.4. The van der Waals surface area contributed by atoms with Crippen molar-refractivity contribution in [1.82, 2.24) is 4.90 Å². The van der Waals surface area contributed by atoms with Crippen LogP contribution in [0.25, 0.3) is 0 Å². The number of carbonyl (C=O) groups is 1. The van der Waals surface area contributed by atoms with E-state index in [1.807, 2.05) is 13.8 Å². The second-order valence-corrected chi connectivity index (χ2v) is 10.0. The van der Waals surface area contributed by atoms with Crippen LogP contribution in [0.2, 0.25) is 5.02 Å². The smallest absolute Gasteiger partial charge is 0.379 e. The van der Waals surface area contributed by atoms with Crippen LogP contribution in [-0.2, 0) is 22.8 Å². The van der Waals surface area contributed by atoms with Gasteiger partial charge in [0.25, 0.3) is 0 Å². The Labute approximate surface area is 212 Å². The number of rotatable bonds is 8. The highest BCUT2D eigenvalue weighted by Gasteiger charge is 2.32. The maximum atomic E-state index is 12.9. The normalized spacial score (nSPS) is 12.6. The summed E-state index contributed by atoms with van der Waals surface area (Å²) in [5.41, 5.74) is 0.191. The van der Waals surface area contributed by atoms with Gasteiger partial charge < -0.3 is 14.4 Å². The van der Waals surface area contributed by atoms with E-state index in [0.717, 1.165) is 18.2 Å². The minimum absolute atomic E-state index is 0.0723. The molecule has 1 atom stereocenters. The predicted octanol–water partition coefficient (Wildman–Crippen LogP) is 6.96. The number of urea groups is 1. The number of benzene rings is 3. The molecular weight excluding hydrogens is 517 g/mol. The van der Waals surface area contributed by atoms with Crippen LogP contribution in [0.3, 0.4) is 0 Å². The molecule has 1 N–H and O–H groups in total. The molecule has 192 valence electrons. The fraction of sp³-hybridized carbons (Fsp3) is 0.240. The Kier molecular flexibility index (Phi) is 8.52. The Bertz CT molecular complexity index is 1300. The van der Waals surface area contributed by atoms with Gasteiger partial charge in [-0.2, -0.15) is 21.6 Å². The molecule has 0 bridgehead atoms. The summed E-state index contributed by atoms with van der Waals surface area (Å²) in [7, 11) is -4.48. The lowest BCUT2D eigenvalue weighted by atomic mass is 10.1. The van der Waals surface area contributed by atoms with Gasteiger partial charge >= 0.3 is 22.3 Å². The zero-order valence-corrected chi connectivity index (χ0v) is 21.0. The van der Waals surface area contributed by atoms with Gasteiger partial charge in [-0.1, -0.05) is 36.7 Å². The number of nitrogens with zero attached hydrogens (tertiary/aromatic N) is 1. The molecule has 0 saturated heterocycles. The van der Waals surface area contributed by atoms with Crippen LogP contribution in [0.4, 0.5) is 23.7 Å². The summed E-state index contributed by atoms with van der Waals surface area (Å²) in [6.07, 6.45) is -3.99. The molecule has 0 spiro atoms. The van der Waals surface area contributed by atoms with Gasteiger partial charge in [0, 0.05) is 23.3 Å². The molecule has 1 unspecified atom stereocenters. The second kappa shape index (κ2) is 11.2. The van der Waals surface area contributed by atoms with E-state index in [4.69, 9.17) is 15.8 Å². The van der Waals surface area contributed by atoms with Gasteiger partial charge in [-0.3, -0.25) is 0 Å². The molecule has 0 aliphatic heterocycles. The first kappa shape index (κ1) is 27.3. The lowest BCUT2D eigenvalue weighted by molar-refractivity contribution is -0.137. The summed E-state index contributed by atoms with van der Waals surface area (Å²) in [6, 6.07) is 15.5. The van der Waals surface area contributed by atoms with E-state index in [1.165, 1.54) is 12.1 Å². The summed E-state index contributed by atoms with van der Waals surface area (Å²) in [5.74, 6) is -0.0723. The first-order chi connectivity index (χ1) is 16.9. The Morgan fingerprint density at radius 3 is 2.28 bits per heavy atom. The number of hydrogen-bond acceptors (Lipinski definition) is 4. The van der Waals surface area contributed by atoms with Crippen molar-refractivity contribution in [3.8, 4) is 5.75 Å². The van der Waals surface area contributed by atoms with Crippen molar-refractivity contribution in [3.63, 3.8) is 0 Å². The third-order valence-electron chi connectivity index (χ3n) is 5.41. The van der Waals surface area contributed by atoms with Crippen molar-refractivity contribution in [3.05, 3.63) is 88.9 Å². The van der Waals surface area contributed by atoms with Gasteiger partial charge in [0.2, 0.25) is 0 Å². The van der Waals surface area contributed by atoms with Gasteiger partial charge in [0.15, 0.2) is 0 Å². The molecule has 3 rings (SSSR count). The Morgan fingerprint density at radius 2 is 1.69 bits per heavy atom. The largest absolute Gasteiger partial charge is 0.416 e. The molecule has 0 heterocycles. The maximum Gasteiger partial charge on any atom is 0.416 e. The van der Waals surface area contributed by atoms with Gasteiger partial charge in [-0.25, -0.2) is 4.79 Å². The van der Waals surface area contributed by atoms with Crippen LogP contribution >= 0.6 is 11.6 Å². The number of anilines is 1. The maximum absolute atomic E-state index is 12.9. The third kappa shape index (κ3) is 7.14. The highest BCUT2D eigenvalue weighted by Crippen LogP contribution is 2.31. The van der Waals surface area contributed by atoms with Crippen LogP contribution in [0.15, 0.2) is 77.7 Å². The number of alkyl halides is 3. The molecule has 0 aromatic heterocycles. The molecule has 36 heavy (non-hydrogen) atoms. The molecule has 0 radical (unpaired) electrons. The van der Waals surface area contributed by atoms with E-state index in [9.17, 15) is 26.4 Å².